The van der Waals surface area contributed by atoms with Crippen LogP contribution in [0.2, 0.25) is 0 Å². The maximum Gasteiger partial charge on any atom is 2.00 e. The summed E-state index contributed by atoms with van der Waals surface area (Å²) in [5.41, 5.74) is 0. The van der Waals surface area contributed by atoms with Gasteiger partial charge in [0, 0.05) is 0 Å². The molecule has 0 N–H and O–H groups in total. The Morgan fingerprint density at radius 3 is 1.00 bits per heavy atom. The SMILES string of the molecule is C[C-]=O.C[C-]=O.[Cu+2]. The van der Waals surface area contributed by atoms with Gasteiger partial charge in [-0.15, -0.1) is 0 Å². The molecule has 0 saturated carbocycles. The molecule has 0 saturated heterocycles. The van der Waals surface area contributed by atoms with E-state index in [0.717, 1.165) is 0 Å². The van der Waals surface area contributed by atoms with Crippen molar-refractivity contribution in [2.75, 3.05) is 0 Å². The predicted molar refractivity (Wildman–Crippen MR) is 22.7 cm³/mol. The molecule has 0 aromatic rings. The van der Waals surface area contributed by atoms with Crippen LogP contribution < -0.4 is 0 Å². The first-order chi connectivity index (χ1) is 2.83. The van der Waals surface area contributed by atoms with Crippen molar-refractivity contribution in [1.82, 2.24) is 0 Å². The molecule has 0 aliphatic rings. The van der Waals surface area contributed by atoms with E-state index in [-0.39, 0.29) is 17.1 Å². The van der Waals surface area contributed by atoms with Crippen LogP contribution in [0.25, 0.3) is 0 Å². The van der Waals surface area contributed by atoms with Crippen LogP contribution in [-0.2, 0) is 26.7 Å². The van der Waals surface area contributed by atoms with E-state index in [2.05, 4.69) is 0 Å². The molecular formula is C4H6CuO2. The second-order valence-electron chi connectivity index (χ2n) is 0.408. The van der Waals surface area contributed by atoms with Gasteiger partial charge in [-0.05, 0) is 0 Å². The van der Waals surface area contributed by atoms with Crippen LogP contribution >= 0.6 is 0 Å². The van der Waals surface area contributed by atoms with Crippen molar-refractivity contribution in [3.63, 3.8) is 0 Å². The van der Waals surface area contributed by atoms with E-state index < -0.39 is 0 Å². The monoisotopic (exact) mass is 149 g/mol. The quantitative estimate of drug-likeness (QED) is 0.365. The summed E-state index contributed by atoms with van der Waals surface area (Å²) in [4.78, 5) is 17.4. The first-order valence-corrected chi connectivity index (χ1v) is 1.41. The molecule has 0 heterocycles. The van der Waals surface area contributed by atoms with Gasteiger partial charge in [0.25, 0.3) is 0 Å². The molecule has 0 aliphatic carbocycles. The average molecular weight is 150 g/mol. The van der Waals surface area contributed by atoms with Crippen molar-refractivity contribution in [2.45, 2.75) is 13.8 Å². The molecule has 45 valence electrons. The van der Waals surface area contributed by atoms with Gasteiger partial charge < -0.3 is 9.59 Å². The van der Waals surface area contributed by atoms with Crippen molar-refractivity contribution in [2.24, 2.45) is 0 Å². The van der Waals surface area contributed by atoms with Crippen LogP contribution in [0.3, 0.4) is 0 Å². The Morgan fingerprint density at radius 2 is 1.00 bits per heavy atom. The molecule has 0 amide bonds. The summed E-state index contributed by atoms with van der Waals surface area (Å²) in [6, 6.07) is 0. The van der Waals surface area contributed by atoms with Crippen molar-refractivity contribution >= 4 is 12.6 Å². The van der Waals surface area contributed by atoms with Crippen LogP contribution in [0.5, 0.6) is 0 Å². The number of hydrogen-bond acceptors (Lipinski definition) is 2. The molecule has 0 aromatic carbocycles. The third-order valence-electron chi connectivity index (χ3n) is 0. The second kappa shape index (κ2) is 40.0. The Balaban J connectivity index is -0.0000000400. The molecule has 0 aromatic heterocycles. The van der Waals surface area contributed by atoms with E-state index in [9.17, 15) is 0 Å². The maximum atomic E-state index is 8.68. The summed E-state index contributed by atoms with van der Waals surface area (Å²) >= 11 is 0. The molecule has 0 atom stereocenters. The first kappa shape index (κ1) is 15.8. The fourth-order valence-corrected chi connectivity index (χ4v) is 0. The summed E-state index contributed by atoms with van der Waals surface area (Å²) in [6.07, 6.45) is 3.00. The molecule has 0 aliphatic heterocycles. The second-order valence-corrected chi connectivity index (χ2v) is 0.408. The topological polar surface area (TPSA) is 34.1 Å². The van der Waals surface area contributed by atoms with E-state index in [0.29, 0.717) is 0 Å². The summed E-state index contributed by atoms with van der Waals surface area (Å²) in [7, 11) is 0. The van der Waals surface area contributed by atoms with E-state index >= 15 is 0 Å². The number of rotatable bonds is 0. The molecule has 0 unspecified atom stereocenters. The molecule has 0 fully saturated rings. The van der Waals surface area contributed by atoms with Gasteiger partial charge in [0.05, 0.1) is 0 Å². The third-order valence-corrected chi connectivity index (χ3v) is 0. The van der Waals surface area contributed by atoms with Gasteiger partial charge >= 0.3 is 17.1 Å². The Kier molecular flexibility index (Phi) is 90.4. The van der Waals surface area contributed by atoms with Crippen molar-refractivity contribution in [3.05, 3.63) is 0 Å². The summed E-state index contributed by atoms with van der Waals surface area (Å²) in [5, 5.41) is 0. The zero-order chi connectivity index (χ0) is 5.41. The Labute approximate surface area is 53.8 Å². The van der Waals surface area contributed by atoms with Crippen LogP contribution in [-0.4, -0.2) is 12.6 Å². The minimum atomic E-state index is 0. The Morgan fingerprint density at radius 1 is 1.00 bits per heavy atom. The fraction of sp³-hybridized carbons (Fsp3) is 0.500. The maximum absolute atomic E-state index is 8.68. The van der Waals surface area contributed by atoms with Gasteiger partial charge in [-0.1, -0.05) is 0 Å². The molecule has 3 heteroatoms. The van der Waals surface area contributed by atoms with Crippen molar-refractivity contribution < 1.29 is 26.7 Å². The molecule has 7 heavy (non-hydrogen) atoms. The molecule has 1 radical (unpaired) electrons. The summed E-state index contributed by atoms with van der Waals surface area (Å²) in [6.45, 7) is 2.64. The zero-order valence-electron chi connectivity index (χ0n) is 4.12. The fourth-order valence-electron chi connectivity index (χ4n) is 0. The van der Waals surface area contributed by atoms with Gasteiger partial charge in [-0.2, -0.15) is 13.8 Å². The summed E-state index contributed by atoms with van der Waals surface area (Å²) < 4.78 is 0. The molecule has 0 bridgehead atoms. The molecule has 0 rings (SSSR count). The average Bonchev–Trinajstić information content (AvgIpc) is 1.39. The molecular weight excluding hydrogens is 144 g/mol. The Hall–Kier alpha value is -0.141. The van der Waals surface area contributed by atoms with Crippen molar-refractivity contribution in [1.29, 1.82) is 0 Å². The minimum absolute atomic E-state index is 0. The standard InChI is InChI=1S/2C2H3O.Cu/c2*1-2-3;/h2*1H3;/q2*-1;+2. The predicted octanol–water partition coefficient (Wildman–Crippen LogP) is 0.230. The normalized spacial score (nSPS) is 3.71. The van der Waals surface area contributed by atoms with Crippen LogP contribution in [0.4, 0.5) is 0 Å². The number of carbonyl (C=O) groups excluding carboxylic acids is 2. The minimum Gasteiger partial charge on any atom is -0.542 e. The van der Waals surface area contributed by atoms with Gasteiger partial charge in [-0.25, -0.2) is 0 Å². The van der Waals surface area contributed by atoms with Crippen LogP contribution in [0.15, 0.2) is 0 Å². The van der Waals surface area contributed by atoms with Gasteiger partial charge in [0.15, 0.2) is 0 Å². The van der Waals surface area contributed by atoms with Crippen LogP contribution in [0, 0.1) is 0 Å². The van der Waals surface area contributed by atoms with E-state index in [1.54, 1.807) is 0 Å². The molecule has 0 spiro atoms. The van der Waals surface area contributed by atoms with E-state index in [4.69, 9.17) is 9.59 Å². The van der Waals surface area contributed by atoms with Gasteiger partial charge in [-0.3, -0.25) is 12.6 Å². The van der Waals surface area contributed by atoms with Crippen LogP contribution in [0.1, 0.15) is 13.8 Å². The van der Waals surface area contributed by atoms with Gasteiger partial charge in [0.2, 0.25) is 0 Å². The van der Waals surface area contributed by atoms with E-state index in [1.807, 2.05) is 0 Å². The zero-order valence-corrected chi connectivity index (χ0v) is 5.06. The van der Waals surface area contributed by atoms with Crippen molar-refractivity contribution in [3.8, 4) is 0 Å². The smallest absolute Gasteiger partial charge is 0.542 e. The summed E-state index contributed by atoms with van der Waals surface area (Å²) in [5.74, 6) is 0. The largest absolute Gasteiger partial charge is 2.00 e. The number of hydrogen-bond donors (Lipinski definition) is 0. The van der Waals surface area contributed by atoms with E-state index in [1.165, 1.54) is 26.4 Å². The Bertz CT molecular complexity index is 30.7. The first-order valence-electron chi connectivity index (χ1n) is 1.41. The van der Waals surface area contributed by atoms with Gasteiger partial charge in [0.1, 0.15) is 0 Å². The third kappa shape index (κ3) is 4420. The molecule has 2 nitrogen and oxygen atoms in total.